The van der Waals surface area contributed by atoms with Crippen LogP contribution in [0.4, 0.5) is 4.79 Å². The predicted molar refractivity (Wildman–Crippen MR) is 194 cm³/mol. The minimum absolute atomic E-state index is 0.115. The summed E-state index contributed by atoms with van der Waals surface area (Å²) < 4.78 is 14.9. The summed E-state index contributed by atoms with van der Waals surface area (Å²) in [6.45, 7) is 11.8. The number of ether oxygens (including phenoxy) is 3. The SMILES string of the molecule is CC(=O)O.COC(=O)Oc1ccc(C(C)(C)c2ccc(O)cc2)cc1.Cc1ccc(C(C)(C)c2ccc(OC(=O)c3ccccc3)cc2)cc1. The minimum Gasteiger partial charge on any atom is -0.508 e. The van der Waals surface area contributed by atoms with E-state index in [2.05, 4.69) is 63.6 Å². The van der Waals surface area contributed by atoms with E-state index in [-0.39, 0.29) is 22.5 Å². The van der Waals surface area contributed by atoms with Gasteiger partial charge in [-0.3, -0.25) is 4.79 Å². The van der Waals surface area contributed by atoms with E-state index < -0.39 is 12.1 Å². The van der Waals surface area contributed by atoms with E-state index in [9.17, 15) is 14.7 Å². The van der Waals surface area contributed by atoms with Crippen LogP contribution in [-0.4, -0.2) is 35.4 Å². The van der Waals surface area contributed by atoms with Crippen LogP contribution in [0.3, 0.4) is 0 Å². The normalized spacial score (nSPS) is 10.7. The summed E-state index contributed by atoms with van der Waals surface area (Å²) in [4.78, 5) is 32.2. The molecule has 5 rings (SSSR count). The average molecular weight is 677 g/mol. The van der Waals surface area contributed by atoms with Gasteiger partial charge < -0.3 is 24.4 Å². The molecule has 0 amide bonds. The van der Waals surface area contributed by atoms with Gasteiger partial charge in [-0.05, 0) is 77.7 Å². The molecule has 0 saturated carbocycles. The number of methoxy groups -OCH3 is 1. The number of aromatic hydroxyl groups is 1. The summed E-state index contributed by atoms with van der Waals surface area (Å²) in [5.41, 5.74) is 6.05. The molecule has 0 radical (unpaired) electrons. The smallest absolute Gasteiger partial charge is 0.508 e. The quantitative estimate of drug-likeness (QED) is 0.0994. The first kappa shape index (κ1) is 38.6. The first-order valence-corrected chi connectivity index (χ1v) is 15.9. The van der Waals surface area contributed by atoms with E-state index in [1.807, 2.05) is 66.7 Å². The molecule has 0 heterocycles. The van der Waals surface area contributed by atoms with Crippen molar-refractivity contribution in [2.75, 3.05) is 7.11 Å². The van der Waals surface area contributed by atoms with Crippen LogP contribution in [0.2, 0.25) is 0 Å². The second-order valence-electron chi connectivity index (χ2n) is 12.5. The number of rotatable bonds is 7. The summed E-state index contributed by atoms with van der Waals surface area (Å²) in [6.07, 6.45) is -0.736. The molecule has 8 nitrogen and oxygen atoms in total. The Morgan fingerprint density at radius 1 is 0.560 bits per heavy atom. The summed E-state index contributed by atoms with van der Waals surface area (Å²) in [6, 6.07) is 39.8. The largest absolute Gasteiger partial charge is 0.513 e. The molecular weight excluding hydrogens is 632 g/mol. The van der Waals surface area contributed by atoms with Crippen LogP contribution in [0.1, 0.15) is 72.8 Å². The van der Waals surface area contributed by atoms with Gasteiger partial charge in [0.15, 0.2) is 0 Å². The average Bonchev–Trinajstić information content (AvgIpc) is 3.09. The number of esters is 1. The van der Waals surface area contributed by atoms with Crippen molar-refractivity contribution in [1.82, 2.24) is 0 Å². The third-order valence-electron chi connectivity index (χ3n) is 8.10. The highest BCUT2D eigenvalue weighted by molar-refractivity contribution is 5.90. The van der Waals surface area contributed by atoms with Gasteiger partial charge in [0.1, 0.15) is 17.2 Å². The topological polar surface area (TPSA) is 119 Å². The van der Waals surface area contributed by atoms with Crippen molar-refractivity contribution in [1.29, 1.82) is 0 Å². The Balaban J connectivity index is 0.000000247. The van der Waals surface area contributed by atoms with Gasteiger partial charge in [-0.2, -0.15) is 0 Å². The van der Waals surface area contributed by atoms with E-state index in [1.165, 1.54) is 23.8 Å². The molecule has 0 unspecified atom stereocenters. The number of carboxylic acids is 1. The first-order valence-electron chi connectivity index (χ1n) is 15.9. The summed E-state index contributed by atoms with van der Waals surface area (Å²) >= 11 is 0. The number of phenolic OH excluding ortho intramolecular Hbond substituents is 1. The molecule has 50 heavy (non-hydrogen) atoms. The molecule has 260 valence electrons. The van der Waals surface area contributed by atoms with Gasteiger partial charge >= 0.3 is 12.1 Å². The summed E-state index contributed by atoms with van der Waals surface area (Å²) in [5, 5.41) is 16.8. The van der Waals surface area contributed by atoms with Crippen molar-refractivity contribution in [3.8, 4) is 17.2 Å². The molecule has 0 atom stereocenters. The van der Waals surface area contributed by atoms with Crippen molar-refractivity contribution in [2.45, 2.75) is 52.4 Å². The predicted octanol–water partition coefficient (Wildman–Crippen LogP) is 9.49. The molecule has 0 spiro atoms. The van der Waals surface area contributed by atoms with E-state index >= 15 is 0 Å². The van der Waals surface area contributed by atoms with Crippen molar-refractivity contribution >= 4 is 18.1 Å². The fourth-order valence-corrected chi connectivity index (χ4v) is 4.94. The van der Waals surface area contributed by atoms with Gasteiger partial charge in [0.25, 0.3) is 5.97 Å². The lowest BCUT2D eigenvalue weighted by Crippen LogP contribution is -2.18. The maximum absolute atomic E-state index is 12.1. The fourth-order valence-electron chi connectivity index (χ4n) is 4.94. The monoisotopic (exact) mass is 676 g/mol. The number of aryl methyl sites for hydroxylation is 1. The number of aliphatic carboxylic acids is 1. The zero-order valence-electron chi connectivity index (χ0n) is 29.5. The molecule has 2 N–H and O–H groups in total. The molecule has 0 aliphatic heterocycles. The van der Waals surface area contributed by atoms with Crippen LogP contribution in [0.25, 0.3) is 0 Å². The van der Waals surface area contributed by atoms with Gasteiger partial charge in [-0.25, -0.2) is 9.59 Å². The lowest BCUT2D eigenvalue weighted by Gasteiger charge is -2.26. The van der Waals surface area contributed by atoms with E-state index in [0.717, 1.165) is 18.1 Å². The Bertz CT molecular complexity index is 1820. The highest BCUT2D eigenvalue weighted by atomic mass is 16.7. The fraction of sp³-hybridized carbons (Fsp3) is 0.214. The van der Waals surface area contributed by atoms with E-state index in [1.54, 1.807) is 36.4 Å². The van der Waals surface area contributed by atoms with Crippen LogP contribution < -0.4 is 9.47 Å². The zero-order valence-corrected chi connectivity index (χ0v) is 29.5. The molecule has 0 bridgehead atoms. The van der Waals surface area contributed by atoms with Crippen LogP contribution in [-0.2, 0) is 20.4 Å². The molecule has 5 aromatic carbocycles. The second kappa shape index (κ2) is 17.5. The number of phenols is 1. The number of carbonyl (C=O) groups excluding carboxylic acids is 2. The molecule has 0 aliphatic rings. The standard InChI is InChI=1S/C23H22O2.C17H18O4.C2H4O2/c1-17-9-11-19(12-10-17)23(2,3)20-13-15-21(16-14-20)25-22(24)18-7-5-4-6-8-18;1-17(2,12-4-8-14(18)9-5-12)13-6-10-15(11-7-13)21-16(19)20-3;1-2(3)4/h4-16H,1-3H3;4-11,18H,1-3H3;1H3,(H,3,4). The number of benzene rings is 5. The number of carbonyl (C=O) groups is 3. The molecule has 0 aliphatic carbocycles. The van der Waals surface area contributed by atoms with Gasteiger partial charge in [-0.1, -0.05) is 112 Å². The lowest BCUT2D eigenvalue weighted by molar-refractivity contribution is -0.134. The Morgan fingerprint density at radius 2 is 0.920 bits per heavy atom. The van der Waals surface area contributed by atoms with Crippen molar-refractivity contribution in [3.05, 3.63) is 161 Å². The van der Waals surface area contributed by atoms with E-state index in [0.29, 0.717) is 17.1 Å². The van der Waals surface area contributed by atoms with E-state index in [4.69, 9.17) is 19.4 Å². The minimum atomic E-state index is -0.833. The Hall–Kier alpha value is -5.89. The maximum Gasteiger partial charge on any atom is 0.513 e. The third-order valence-corrected chi connectivity index (χ3v) is 8.10. The van der Waals surface area contributed by atoms with Crippen LogP contribution in [0, 0.1) is 6.92 Å². The van der Waals surface area contributed by atoms with Crippen molar-refractivity contribution in [3.63, 3.8) is 0 Å². The van der Waals surface area contributed by atoms with Crippen molar-refractivity contribution < 1.29 is 38.8 Å². The van der Waals surface area contributed by atoms with Crippen LogP contribution in [0.5, 0.6) is 17.2 Å². The van der Waals surface area contributed by atoms with Gasteiger partial charge in [0, 0.05) is 17.8 Å². The second-order valence-corrected chi connectivity index (χ2v) is 12.5. The Labute approximate surface area is 293 Å². The lowest BCUT2D eigenvalue weighted by atomic mass is 9.78. The van der Waals surface area contributed by atoms with Gasteiger partial charge in [-0.15, -0.1) is 0 Å². The molecule has 8 heteroatoms. The zero-order chi connectivity index (χ0) is 36.9. The Morgan fingerprint density at radius 3 is 1.32 bits per heavy atom. The summed E-state index contributed by atoms with van der Waals surface area (Å²) in [7, 11) is 1.27. The van der Waals surface area contributed by atoms with Gasteiger partial charge in [0.2, 0.25) is 0 Å². The van der Waals surface area contributed by atoms with Crippen LogP contribution in [0.15, 0.2) is 127 Å². The molecule has 0 fully saturated rings. The summed E-state index contributed by atoms with van der Waals surface area (Å²) in [5.74, 6) is 0.0620. The first-order chi connectivity index (χ1) is 23.6. The molecule has 5 aromatic rings. The maximum atomic E-state index is 12.1. The highest BCUT2D eigenvalue weighted by Gasteiger charge is 2.24. The van der Waals surface area contributed by atoms with Gasteiger partial charge in [0.05, 0.1) is 12.7 Å². The number of carboxylic acid groups (broad SMARTS) is 1. The molecular formula is C42H44O8. The Kier molecular flexibility index (Phi) is 13.5. The van der Waals surface area contributed by atoms with Crippen LogP contribution >= 0.6 is 0 Å². The number of hydrogen-bond acceptors (Lipinski definition) is 7. The number of hydrogen-bond donors (Lipinski definition) is 2. The molecule has 0 aromatic heterocycles. The highest BCUT2D eigenvalue weighted by Crippen LogP contribution is 2.34. The van der Waals surface area contributed by atoms with Crippen molar-refractivity contribution in [2.24, 2.45) is 0 Å². The third kappa shape index (κ3) is 11.1. The molecule has 0 saturated heterocycles.